The van der Waals surface area contributed by atoms with Crippen molar-refractivity contribution in [2.45, 2.75) is 45.4 Å². The maximum Gasteiger partial charge on any atom is 0.310 e. The molecule has 92 valence electrons. The summed E-state index contributed by atoms with van der Waals surface area (Å²) in [6.07, 6.45) is 4.39. The van der Waals surface area contributed by atoms with E-state index < -0.39 is 11.4 Å². The molecule has 1 N–H and O–H groups in total. The van der Waals surface area contributed by atoms with Crippen molar-refractivity contribution in [1.29, 1.82) is 0 Å². The number of rotatable bonds is 4. The summed E-state index contributed by atoms with van der Waals surface area (Å²) in [5.74, 6) is -0.850. The molecule has 0 bridgehead atoms. The van der Waals surface area contributed by atoms with Crippen LogP contribution >= 0.6 is 0 Å². The number of nitrogens with zero attached hydrogens (tertiary/aromatic N) is 1. The summed E-state index contributed by atoms with van der Waals surface area (Å²) in [5, 5.41) is 9.32. The largest absolute Gasteiger partial charge is 0.481 e. The fourth-order valence-electron chi connectivity index (χ4n) is 2.30. The fourth-order valence-corrected chi connectivity index (χ4v) is 2.30. The van der Waals surface area contributed by atoms with Crippen LogP contribution in [-0.2, 0) is 9.59 Å². The van der Waals surface area contributed by atoms with Crippen LogP contribution in [0.1, 0.15) is 45.4 Å². The van der Waals surface area contributed by atoms with Crippen molar-refractivity contribution in [2.24, 2.45) is 5.41 Å². The van der Waals surface area contributed by atoms with Crippen LogP contribution in [0, 0.1) is 5.41 Å². The van der Waals surface area contributed by atoms with Crippen molar-refractivity contribution in [3.05, 3.63) is 0 Å². The van der Waals surface area contributed by atoms with E-state index in [4.69, 9.17) is 0 Å². The Morgan fingerprint density at radius 3 is 2.25 bits per heavy atom. The van der Waals surface area contributed by atoms with Gasteiger partial charge in [-0.15, -0.1) is 0 Å². The molecular formula is C12H21NO3. The average molecular weight is 227 g/mol. The molecule has 1 rings (SSSR count). The predicted octanol–water partition coefficient (Wildman–Crippen LogP) is 1.89. The highest BCUT2D eigenvalue weighted by Crippen LogP contribution is 2.39. The standard InChI is InChI=1S/C12H21NO3/c1-3-13(2)10(14)9-12(11(15)16)7-5-4-6-8-12/h3-9H2,1-2H3,(H,15,16). The summed E-state index contributed by atoms with van der Waals surface area (Å²) in [6.45, 7) is 2.53. The molecule has 0 spiro atoms. The van der Waals surface area contributed by atoms with Crippen LogP contribution in [0.3, 0.4) is 0 Å². The monoisotopic (exact) mass is 227 g/mol. The van der Waals surface area contributed by atoms with Gasteiger partial charge in [-0.1, -0.05) is 19.3 Å². The van der Waals surface area contributed by atoms with Gasteiger partial charge in [0.2, 0.25) is 5.91 Å². The Bertz CT molecular complexity index is 269. The van der Waals surface area contributed by atoms with Crippen LogP contribution < -0.4 is 0 Å². The van der Waals surface area contributed by atoms with Crippen molar-refractivity contribution < 1.29 is 14.7 Å². The van der Waals surface area contributed by atoms with Crippen LogP contribution in [0.2, 0.25) is 0 Å². The van der Waals surface area contributed by atoms with Crippen LogP contribution in [0.4, 0.5) is 0 Å². The van der Waals surface area contributed by atoms with Crippen molar-refractivity contribution in [2.75, 3.05) is 13.6 Å². The first-order valence-corrected chi connectivity index (χ1v) is 5.99. The zero-order chi connectivity index (χ0) is 12.2. The number of carbonyl (C=O) groups is 2. The van der Waals surface area contributed by atoms with Gasteiger partial charge in [0.1, 0.15) is 0 Å². The first kappa shape index (κ1) is 13.0. The third-order valence-corrected chi connectivity index (χ3v) is 3.65. The molecule has 0 aliphatic heterocycles. The summed E-state index contributed by atoms with van der Waals surface area (Å²) in [7, 11) is 1.72. The lowest BCUT2D eigenvalue weighted by molar-refractivity contribution is -0.155. The number of aliphatic carboxylic acids is 1. The minimum atomic E-state index is -0.801. The van der Waals surface area contributed by atoms with E-state index in [1.54, 1.807) is 11.9 Å². The summed E-state index contributed by atoms with van der Waals surface area (Å²) >= 11 is 0. The highest BCUT2D eigenvalue weighted by Gasteiger charge is 2.41. The second kappa shape index (κ2) is 5.32. The Balaban J connectivity index is 2.71. The number of carboxylic acid groups (broad SMARTS) is 1. The topological polar surface area (TPSA) is 57.6 Å². The van der Waals surface area contributed by atoms with Crippen molar-refractivity contribution >= 4 is 11.9 Å². The number of carboxylic acids is 1. The van der Waals surface area contributed by atoms with Gasteiger partial charge in [-0.3, -0.25) is 9.59 Å². The SMILES string of the molecule is CCN(C)C(=O)CC1(C(=O)O)CCCCC1. The van der Waals surface area contributed by atoms with Crippen molar-refractivity contribution in [3.63, 3.8) is 0 Å². The van der Waals surface area contributed by atoms with Gasteiger partial charge in [-0.25, -0.2) is 0 Å². The first-order chi connectivity index (χ1) is 7.52. The van der Waals surface area contributed by atoms with Crippen LogP contribution in [0.25, 0.3) is 0 Å². The molecule has 0 aromatic heterocycles. The van der Waals surface area contributed by atoms with E-state index in [-0.39, 0.29) is 12.3 Å². The molecule has 1 aliphatic rings. The zero-order valence-electron chi connectivity index (χ0n) is 10.2. The molecule has 16 heavy (non-hydrogen) atoms. The van der Waals surface area contributed by atoms with E-state index in [2.05, 4.69) is 0 Å². The second-order valence-electron chi connectivity index (χ2n) is 4.73. The molecule has 0 aromatic carbocycles. The third kappa shape index (κ3) is 2.74. The van der Waals surface area contributed by atoms with Gasteiger partial charge < -0.3 is 10.0 Å². The molecule has 0 atom stereocenters. The van der Waals surface area contributed by atoms with Gasteiger partial charge in [-0.05, 0) is 19.8 Å². The number of hydrogen-bond donors (Lipinski definition) is 1. The Kier molecular flexibility index (Phi) is 4.33. The van der Waals surface area contributed by atoms with Crippen molar-refractivity contribution in [1.82, 2.24) is 4.90 Å². The Hall–Kier alpha value is -1.06. The number of carbonyl (C=O) groups excluding carboxylic acids is 1. The molecule has 0 saturated heterocycles. The second-order valence-corrected chi connectivity index (χ2v) is 4.73. The summed E-state index contributed by atoms with van der Waals surface area (Å²) in [4.78, 5) is 24.8. The molecule has 0 aromatic rings. The molecule has 4 heteroatoms. The normalized spacial score (nSPS) is 19.1. The van der Waals surface area contributed by atoms with Crippen LogP contribution in [0.15, 0.2) is 0 Å². The number of hydrogen-bond acceptors (Lipinski definition) is 2. The van der Waals surface area contributed by atoms with Gasteiger partial charge in [0.05, 0.1) is 5.41 Å². The van der Waals surface area contributed by atoms with E-state index in [1.165, 1.54) is 0 Å². The van der Waals surface area contributed by atoms with Gasteiger partial charge in [0.25, 0.3) is 0 Å². The quantitative estimate of drug-likeness (QED) is 0.798. The Morgan fingerprint density at radius 2 is 1.81 bits per heavy atom. The molecule has 1 fully saturated rings. The number of amides is 1. The third-order valence-electron chi connectivity index (χ3n) is 3.65. The van der Waals surface area contributed by atoms with Gasteiger partial charge in [0, 0.05) is 20.0 Å². The maximum absolute atomic E-state index is 11.8. The van der Waals surface area contributed by atoms with E-state index in [0.717, 1.165) is 19.3 Å². The molecule has 1 saturated carbocycles. The molecule has 4 nitrogen and oxygen atoms in total. The molecule has 1 amide bonds. The Labute approximate surface area is 96.6 Å². The lowest BCUT2D eigenvalue weighted by Gasteiger charge is -2.33. The molecule has 1 aliphatic carbocycles. The molecular weight excluding hydrogens is 206 g/mol. The maximum atomic E-state index is 11.8. The molecule has 0 unspecified atom stereocenters. The average Bonchev–Trinajstić information content (AvgIpc) is 2.28. The van der Waals surface area contributed by atoms with E-state index in [1.807, 2.05) is 6.92 Å². The first-order valence-electron chi connectivity index (χ1n) is 5.99. The summed E-state index contributed by atoms with van der Waals surface area (Å²) in [6, 6.07) is 0. The highest BCUT2D eigenvalue weighted by atomic mass is 16.4. The van der Waals surface area contributed by atoms with Gasteiger partial charge >= 0.3 is 5.97 Å². The van der Waals surface area contributed by atoms with E-state index in [0.29, 0.717) is 19.4 Å². The molecule has 0 radical (unpaired) electrons. The minimum Gasteiger partial charge on any atom is -0.481 e. The lowest BCUT2D eigenvalue weighted by Crippen LogP contribution is -2.39. The fraction of sp³-hybridized carbons (Fsp3) is 0.833. The van der Waals surface area contributed by atoms with Crippen molar-refractivity contribution in [3.8, 4) is 0 Å². The smallest absolute Gasteiger partial charge is 0.310 e. The predicted molar refractivity (Wildman–Crippen MR) is 61.1 cm³/mol. The zero-order valence-corrected chi connectivity index (χ0v) is 10.2. The summed E-state index contributed by atoms with van der Waals surface area (Å²) in [5.41, 5.74) is -0.793. The van der Waals surface area contributed by atoms with E-state index in [9.17, 15) is 14.7 Å². The van der Waals surface area contributed by atoms with Gasteiger partial charge in [0.15, 0.2) is 0 Å². The van der Waals surface area contributed by atoms with E-state index >= 15 is 0 Å². The molecule has 0 heterocycles. The summed E-state index contributed by atoms with van der Waals surface area (Å²) < 4.78 is 0. The van der Waals surface area contributed by atoms with Crippen LogP contribution in [-0.4, -0.2) is 35.5 Å². The lowest BCUT2D eigenvalue weighted by atomic mass is 9.71. The highest BCUT2D eigenvalue weighted by molar-refractivity contribution is 5.85. The van der Waals surface area contributed by atoms with Crippen LogP contribution in [0.5, 0.6) is 0 Å². The Morgan fingerprint density at radius 1 is 1.25 bits per heavy atom. The minimum absolute atomic E-state index is 0.0493. The van der Waals surface area contributed by atoms with Gasteiger partial charge in [-0.2, -0.15) is 0 Å².